The van der Waals surface area contributed by atoms with E-state index in [1.165, 1.54) is 15.9 Å². The van der Waals surface area contributed by atoms with Crippen LogP contribution in [0.2, 0.25) is 0 Å². The zero-order valence-electron chi connectivity index (χ0n) is 19.0. The smallest absolute Gasteiger partial charge is 0.252 e. The van der Waals surface area contributed by atoms with Crippen LogP contribution in [0, 0.1) is 0 Å². The summed E-state index contributed by atoms with van der Waals surface area (Å²) in [5.74, 6) is 0.485. The molecule has 0 bridgehead atoms. The minimum absolute atomic E-state index is 0.208. The van der Waals surface area contributed by atoms with Gasteiger partial charge in [-0.15, -0.1) is 0 Å². The number of aromatic nitrogens is 2. The molecule has 0 amide bonds. The molecule has 0 spiro atoms. The summed E-state index contributed by atoms with van der Waals surface area (Å²) in [6.45, 7) is 5.78. The quantitative estimate of drug-likeness (QED) is 0.467. The number of hydrogen-bond acceptors (Lipinski definition) is 6. The number of halogens is 1. The third-order valence-electron chi connectivity index (χ3n) is 5.85. The summed E-state index contributed by atoms with van der Waals surface area (Å²) < 4.78 is 28.2. The molecule has 0 aliphatic carbocycles. The molecule has 1 N–H and O–H groups in total. The van der Waals surface area contributed by atoms with Gasteiger partial charge in [0.05, 0.1) is 10.6 Å². The lowest BCUT2D eigenvalue weighted by molar-refractivity contribution is 0.268. The zero-order chi connectivity index (χ0) is 24.1. The van der Waals surface area contributed by atoms with Crippen LogP contribution in [-0.4, -0.2) is 60.3 Å². The third-order valence-corrected chi connectivity index (χ3v) is 8.30. The number of hydrogen-bond donors (Lipinski definition) is 1. The maximum atomic E-state index is 13.0. The average molecular weight is 546 g/mol. The Morgan fingerprint density at radius 2 is 1.68 bits per heavy atom. The highest BCUT2D eigenvalue weighted by Gasteiger charge is 2.29. The lowest BCUT2D eigenvalue weighted by Crippen LogP contribution is -2.49. The van der Waals surface area contributed by atoms with Crippen molar-refractivity contribution < 1.29 is 8.42 Å². The molecule has 0 radical (unpaired) electrons. The number of piperazine rings is 1. The van der Waals surface area contributed by atoms with Gasteiger partial charge in [0.2, 0.25) is 16.0 Å². The number of nitrogens with one attached hydrogen (secondary N) is 1. The second-order valence-electron chi connectivity index (χ2n) is 8.19. The van der Waals surface area contributed by atoms with Crippen LogP contribution >= 0.6 is 15.9 Å². The van der Waals surface area contributed by atoms with Gasteiger partial charge >= 0.3 is 0 Å². The highest BCUT2D eigenvalue weighted by Crippen LogP contribution is 2.21. The molecule has 0 unspecified atom stereocenters. The summed E-state index contributed by atoms with van der Waals surface area (Å²) in [7, 11) is -3.56. The largest absolute Gasteiger partial charge is 0.340 e. The Balaban J connectivity index is 1.43. The van der Waals surface area contributed by atoms with Crippen molar-refractivity contribution in [2.45, 2.75) is 24.9 Å². The van der Waals surface area contributed by atoms with E-state index in [4.69, 9.17) is 4.98 Å². The van der Waals surface area contributed by atoms with Crippen LogP contribution in [0.5, 0.6) is 0 Å². The first-order valence-electron chi connectivity index (χ1n) is 11.2. The topological polar surface area (TPSA) is 89.6 Å². The van der Waals surface area contributed by atoms with Gasteiger partial charge in [0, 0.05) is 49.8 Å². The maximum absolute atomic E-state index is 13.0. The van der Waals surface area contributed by atoms with Gasteiger partial charge in [0.1, 0.15) is 0 Å². The van der Waals surface area contributed by atoms with Crippen molar-refractivity contribution in [3.63, 3.8) is 0 Å². The molecule has 2 aromatic carbocycles. The fourth-order valence-electron chi connectivity index (χ4n) is 3.97. The number of aromatic amines is 1. The number of nitrogens with zero attached hydrogens (tertiary/aromatic N) is 4. The molecule has 1 saturated heterocycles. The van der Waals surface area contributed by atoms with Crippen molar-refractivity contribution >= 4 is 31.9 Å². The van der Waals surface area contributed by atoms with Gasteiger partial charge in [-0.05, 0) is 36.4 Å². The number of sulfonamides is 1. The first kappa shape index (κ1) is 24.6. The van der Waals surface area contributed by atoms with Gasteiger partial charge in [0.15, 0.2) is 0 Å². The summed E-state index contributed by atoms with van der Waals surface area (Å²) >= 11 is 3.34. The van der Waals surface area contributed by atoms with E-state index in [0.29, 0.717) is 44.4 Å². The Bertz CT molecular complexity index is 1260. The molecular formula is C24H28BrN5O3S. The Labute approximate surface area is 208 Å². The van der Waals surface area contributed by atoms with E-state index in [0.717, 1.165) is 17.6 Å². The predicted octanol–water partition coefficient (Wildman–Crippen LogP) is 3.07. The van der Waals surface area contributed by atoms with E-state index < -0.39 is 10.0 Å². The molecular weight excluding hydrogens is 518 g/mol. The SMILES string of the molecule is CCN(Cc1ccccc1)Cc1cc(=O)[nH]c(N2CCN(S(=O)(=O)c3ccc(Br)cc3)CC2)n1. The van der Waals surface area contributed by atoms with Crippen molar-refractivity contribution in [1.82, 2.24) is 19.2 Å². The van der Waals surface area contributed by atoms with E-state index in [1.54, 1.807) is 24.3 Å². The monoisotopic (exact) mass is 545 g/mol. The summed E-state index contributed by atoms with van der Waals surface area (Å²) in [6.07, 6.45) is 0. The first-order valence-corrected chi connectivity index (χ1v) is 13.5. The third kappa shape index (κ3) is 5.93. The molecule has 1 aliphatic heterocycles. The van der Waals surface area contributed by atoms with E-state index in [2.05, 4.69) is 44.9 Å². The summed E-state index contributed by atoms with van der Waals surface area (Å²) in [5.41, 5.74) is 1.69. The minimum atomic E-state index is -3.56. The van der Waals surface area contributed by atoms with E-state index in [-0.39, 0.29) is 10.5 Å². The first-order chi connectivity index (χ1) is 16.3. The van der Waals surface area contributed by atoms with Gasteiger partial charge < -0.3 is 4.90 Å². The molecule has 2 heterocycles. The van der Waals surface area contributed by atoms with Crippen LogP contribution in [0.15, 0.2) is 74.8 Å². The second kappa shape index (κ2) is 10.8. The number of benzene rings is 2. The molecule has 1 fully saturated rings. The van der Waals surface area contributed by atoms with Crippen LogP contribution in [0.25, 0.3) is 0 Å². The molecule has 180 valence electrons. The summed E-state index contributed by atoms with van der Waals surface area (Å²) in [4.78, 5) is 24.3. The zero-order valence-corrected chi connectivity index (χ0v) is 21.4. The normalized spacial score (nSPS) is 15.1. The molecule has 1 aromatic heterocycles. The van der Waals surface area contributed by atoms with Gasteiger partial charge in [-0.25, -0.2) is 13.4 Å². The van der Waals surface area contributed by atoms with Gasteiger partial charge in [0.25, 0.3) is 5.56 Å². The van der Waals surface area contributed by atoms with Crippen LogP contribution in [-0.2, 0) is 23.1 Å². The Kier molecular flexibility index (Phi) is 7.82. The van der Waals surface area contributed by atoms with Crippen molar-refractivity contribution in [2.24, 2.45) is 0 Å². The van der Waals surface area contributed by atoms with Crippen molar-refractivity contribution in [2.75, 3.05) is 37.6 Å². The van der Waals surface area contributed by atoms with E-state index >= 15 is 0 Å². The minimum Gasteiger partial charge on any atom is -0.340 e. The summed E-state index contributed by atoms with van der Waals surface area (Å²) in [5, 5.41) is 0. The Morgan fingerprint density at radius 3 is 2.32 bits per heavy atom. The highest BCUT2D eigenvalue weighted by atomic mass is 79.9. The maximum Gasteiger partial charge on any atom is 0.252 e. The predicted molar refractivity (Wildman–Crippen MR) is 136 cm³/mol. The molecule has 4 rings (SSSR count). The number of rotatable bonds is 8. The van der Waals surface area contributed by atoms with Gasteiger partial charge in [-0.3, -0.25) is 14.7 Å². The average Bonchev–Trinajstić information content (AvgIpc) is 2.84. The Hall–Kier alpha value is -2.53. The molecule has 3 aromatic rings. The molecule has 8 nitrogen and oxygen atoms in total. The van der Waals surface area contributed by atoms with Crippen LogP contribution in [0.3, 0.4) is 0 Å². The van der Waals surface area contributed by atoms with Crippen molar-refractivity contribution in [1.29, 1.82) is 0 Å². The van der Waals surface area contributed by atoms with Crippen molar-refractivity contribution in [3.05, 3.63) is 86.7 Å². The highest BCUT2D eigenvalue weighted by molar-refractivity contribution is 9.10. The fraction of sp³-hybridized carbons (Fsp3) is 0.333. The lowest BCUT2D eigenvalue weighted by atomic mass is 10.2. The number of anilines is 1. The van der Waals surface area contributed by atoms with Crippen LogP contribution < -0.4 is 10.5 Å². The number of H-pyrrole nitrogens is 1. The molecule has 0 atom stereocenters. The molecule has 34 heavy (non-hydrogen) atoms. The fourth-order valence-corrected chi connectivity index (χ4v) is 5.66. The van der Waals surface area contributed by atoms with Crippen LogP contribution in [0.4, 0.5) is 5.95 Å². The second-order valence-corrected chi connectivity index (χ2v) is 11.0. The van der Waals surface area contributed by atoms with E-state index in [1.807, 2.05) is 23.1 Å². The van der Waals surface area contributed by atoms with Gasteiger partial charge in [-0.1, -0.05) is 53.2 Å². The van der Waals surface area contributed by atoms with E-state index in [9.17, 15) is 13.2 Å². The molecule has 0 saturated carbocycles. The molecule has 10 heteroatoms. The molecule has 1 aliphatic rings. The standard InChI is InChI=1S/C24H28BrN5O3S/c1-2-28(17-19-6-4-3-5-7-19)18-21-16-23(31)27-24(26-21)29-12-14-30(15-13-29)34(32,33)22-10-8-20(25)9-11-22/h3-11,16H,2,12-15,17-18H2,1H3,(H,26,27,31). The van der Waals surface area contributed by atoms with Crippen molar-refractivity contribution in [3.8, 4) is 0 Å². The Morgan fingerprint density at radius 1 is 1.00 bits per heavy atom. The summed E-state index contributed by atoms with van der Waals surface area (Å²) in [6, 6.07) is 18.4. The van der Waals surface area contributed by atoms with Gasteiger partial charge in [-0.2, -0.15) is 4.31 Å². The van der Waals surface area contributed by atoms with Crippen LogP contribution in [0.1, 0.15) is 18.2 Å². The lowest BCUT2D eigenvalue weighted by Gasteiger charge is -2.34.